The summed E-state index contributed by atoms with van der Waals surface area (Å²) in [5.74, 6) is 1.45. The maximum absolute atomic E-state index is 13.0. The molecule has 0 atom stereocenters. The Morgan fingerprint density at radius 2 is 1.71 bits per heavy atom. The number of carbonyl (C=O) groups excluding carboxylic acids is 1. The molecule has 35 heavy (non-hydrogen) atoms. The second-order valence-corrected chi connectivity index (χ2v) is 8.91. The van der Waals surface area contributed by atoms with Crippen LogP contribution in [0, 0.1) is 19.7 Å². The van der Waals surface area contributed by atoms with Crippen molar-refractivity contribution in [1.82, 2.24) is 14.9 Å². The summed E-state index contributed by atoms with van der Waals surface area (Å²) in [7, 11) is 0. The standard InChI is InChI=1S/C29H32FN3O2/c1-21-18-22(2)20-25(19-21)35-17-16-33-27-9-6-5-8-26(27)32-28(33)10-4-3-7-15-31-29(34)23-11-13-24(30)14-12-23/h5-6,8-9,11-14,18-20H,3-4,7,10,15-17H2,1-2H3,(H,31,34). The number of ether oxygens (including phenoxy) is 1. The Labute approximate surface area is 206 Å². The van der Waals surface area contributed by atoms with Crippen molar-refractivity contribution in [3.05, 3.63) is 95.1 Å². The number of nitrogens with one attached hydrogen (secondary N) is 1. The van der Waals surface area contributed by atoms with E-state index in [1.165, 1.54) is 35.4 Å². The number of aryl methyl sites for hydroxylation is 3. The lowest BCUT2D eigenvalue weighted by Gasteiger charge is -2.12. The fourth-order valence-corrected chi connectivity index (χ4v) is 4.33. The van der Waals surface area contributed by atoms with Crippen LogP contribution in [-0.4, -0.2) is 28.6 Å². The number of para-hydroxylation sites is 2. The number of nitrogens with zero attached hydrogens (tertiary/aromatic N) is 2. The van der Waals surface area contributed by atoms with Crippen LogP contribution in [0.2, 0.25) is 0 Å². The van der Waals surface area contributed by atoms with Gasteiger partial charge in [0.05, 0.1) is 17.6 Å². The molecule has 6 heteroatoms. The van der Waals surface area contributed by atoms with Crippen molar-refractivity contribution in [1.29, 1.82) is 0 Å². The Balaban J connectivity index is 1.28. The molecule has 0 bridgehead atoms. The number of amides is 1. The van der Waals surface area contributed by atoms with Crippen LogP contribution in [0.4, 0.5) is 4.39 Å². The topological polar surface area (TPSA) is 56.1 Å². The van der Waals surface area contributed by atoms with E-state index < -0.39 is 0 Å². The fourth-order valence-electron chi connectivity index (χ4n) is 4.33. The first-order chi connectivity index (χ1) is 17.0. The number of aromatic nitrogens is 2. The SMILES string of the molecule is Cc1cc(C)cc(OCCn2c(CCCCCNC(=O)c3ccc(F)cc3)nc3ccccc32)c1. The maximum atomic E-state index is 13.0. The lowest BCUT2D eigenvalue weighted by Crippen LogP contribution is -2.24. The van der Waals surface area contributed by atoms with Crippen molar-refractivity contribution in [3.63, 3.8) is 0 Å². The van der Waals surface area contributed by atoms with Gasteiger partial charge in [0, 0.05) is 18.5 Å². The summed E-state index contributed by atoms with van der Waals surface area (Å²) >= 11 is 0. The molecule has 1 aromatic heterocycles. The van der Waals surface area contributed by atoms with Crippen LogP contribution in [0.3, 0.4) is 0 Å². The van der Waals surface area contributed by atoms with E-state index in [-0.39, 0.29) is 11.7 Å². The molecule has 0 radical (unpaired) electrons. The van der Waals surface area contributed by atoms with Gasteiger partial charge in [0.2, 0.25) is 0 Å². The highest BCUT2D eigenvalue weighted by Gasteiger charge is 2.11. The Morgan fingerprint density at radius 3 is 2.49 bits per heavy atom. The number of hydrogen-bond donors (Lipinski definition) is 1. The smallest absolute Gasteiger partial charge is 0.251 e. The summed E-state index contributed by atoms with van der Waals surface area (Å²) in [6, 6.07) is 20.1. The summed E-state index contributed by atoms with van der Waals surface area (Å²) in [5.41, 5.74) is 4.99. The van der Waals surface area contributed by atoms with Crippen LogP contribution < -0.4 is 10.1 Å². The number of halogens is 1. The van der Waals surface area contributed by atoms with Gasteiger partial charge in [-0.3, -0.25) is 4.79 Å². The van der Waals surface area contributed by atoms with Gasteiger partial charge in [0.25, 0.3) is 5.91 Å². The number of carbonyl (C=O) groups is 1. The molecule has 0 aliphatic carbocycles. The van der Waals surface area contributed by atoms with Crippen molar-refractivity contribution in [3.8, 4) is 5.75 Å². The van der Waals surface area contributed by atoms with Crippen LogP contribution in [0.5, 0.6) is 5.75 Å². The normalized spacial score (nSPS) is 11.1. The van der Waals surface area contributed by atoms with Gasteiger partial charge in [-0.2, -0.15) is 0 Å². The van der Waals surface area contributed by atoms with Gasteiger partial charge in [0.1, 0.15) is 24.0 Å². The van der Waals surface area contributed by atoms with Gasteiger partial charge in [-0.05, 0) is 86.3 Å². The first-order valence-corrected chi connectivity index (χ1v) is 12.2. The summed E-state index contributed by atoms with van der Waals surface area (Å²) in [4.78, 5) is 17.0. The van der Waals surface area contributed by atoms with Crippen LogP contribution >= 0.6 is 0 Å². The molecule has 0 aliphatic rings. The molecule has 4 aromatic rings. The highest BCUT2D eigenvalue weighted by atomic mass is 19.1. The third-order valence-electron chi connectivity index (χ3n) is 5.98. The molecule has 5 nitrogen and oxygen atoms in total. The van der Waals surface area contributed by atoms with Crippen molar-refractivity contribution >= 4 is 16.9 Å². The van der Waals surface area contributed by atoms with E-state index in [0.717, 1.165) is 54.8 Å². The van der Waals surface area contributed by atoms with Gasteiger partial charge >= 0.3 is 0 Å². The van der Waals surface area contributed by atoms with Crippen molar-refractivity contribution in [2.75, 3.05) is 13.2 Å². The Hall–Kier alpha value is -3.67. The van der Waals surface area contributed by atoms with Crippen molar-refractivity contribution < 1.29 is 13.9 Å². The highest BCUT2D eigenvalue weighted by molar-refractivity contribution is 5.94. The zero-order valence-corrected chi connectivity index (χ0v) is 20.4. The quantitative estimate of drug-likeness (QED) is 0.271. The molecular weight excluding hydrogens is 441 g/mol. The molecule has 0 aliphatic heterocycles. The zero-order valence-electron chi connectivity index (χ0n) is 20.4. The molecule has 0 fully saturated rings. The molecule has 0 unspecified atom stereocenters. The summed E-state index contributed by atoms with van der Waals surface area (Å²) in [6.45, 7) is 6.06. The number of hydrogen-bond acceptors (Lipinski definition) is 3. The molecule has 1 amide bonds. The summed E-state index contributed by atoms with van der Waals surface area (Å²) < 4.78 is 21.3. The maximum Gasteiger partial charge on any atom is 0.251 e. The second-order valence-electron chi connectivity index (χ2n) is 8.91. The Bertz CT molecular complexity index is 1260. The Kier molecular flexibility index (Phi) is 8.14. The van der Waals surface area contributed by atoms with Crippen molar-refractivity contribution in [2.45, 2.75) is 46.1 Å². The third-order valence-corrected chi connectivity index (χ3v) is 5.98. The van der Waals surface area contributed by atoms with E-state index in [2.05, 4.69) is 48.0 Å². The minimum atomic E-state index is -0.343. The van der Waals surface area contributed by atoms with Crippen LogP contribution in [0.15, 0.2) is 66.7 Å². The average molecular weight is 474 g/mol. The molecule has 1 heterocycles. The molecule has 0 saturated heterocycles. The van der Waals surface area contributed by atoms with E-state index in [4.69, 9.17) is 9.72 Å². The lowest BCUT2D eigenvalue weighted by atomic mass is 10.1. The molecular formula is C29H32FN3O2. The zero-order chi connectivity index (χ0) is 24.6. The van der Waals surface area contributed by atoms with Gasteiger partial charge < -0.3 is 14.6 Å². The summed E-state index contributed by atoms with van der Waals surface area (Å²) in [6.07, 6.45) is 3.70. The van der Waals surface area contributed by atoms with Crippen LogP contribution in [0.1, 0.15) is 46.6 Å². The molecule has 3 aromatic carbocycles. The predicted octanol–water partition coefficient (Wildman–Crippen LogP) is 6.01. The number of imidazole rings is 1. The van der Waals surface area contributed by atoms with E-state index >= 15 is 0 Å². The molecule has 0 saturated carbocycles. The van der Waals surface area contributed by atoms with E-state index in [0.29, 0.717) is 18.7 Å². The third kappa shape index (κ3) is 6.69. The van der Waals surface area contributed by atoms with Gasteiger partial charge in [-0.25, -0.2) is 9.37 Å². The first kappa shape index (κ1) is 24.5. The van der Waals surface area contributed by atoms with E-state index in [1.54, 1.807) is 0 Å². The Morgan fingerprint density at radius 1 is 0.971 bits per heavy atom. The van der Waals surface area contributed by atoms with Crippen molar-refractivity contribution in [2.24, 2.45) is 0 Å². The lowest BCUT2D eigenvalue weighted by molar-refractivity contribution is 0.0953. The first-order valence-electron chi connectivity index (χ1n) is 12.2. The number of benzene rings is 3. The fraction of sp³-hybridized carbons (Fsp3) is 0.310. The highest BCUT2D eigenvalue weighted by Crippen LogP contribution is 2.20. The minimum Gasteiger partial charge on any atom is -0.492 e. The summed E-state index contributed by atoms with van der Waals surface area (Å²) in [5, 5.41) is 2.90. The molecule has 4 rings (SSSR count). The van der Waals surface area contributed by atoms with E-state index in [1.807, 2.05) is 18.2 Å². The number of unbranched alkanes of at least 4 members (excludes halogenated alkanes) is 2. The predicted molar refractivity (Wildman–Crippen MR) is 137 cm³/mol. The second kappa shape index (κ2) is 11.6. The molecule has 1 N–H and O–H groups in total. The van der Waals surface area contributed by atoms with Crippen LogP contribution in [-0.2, 0) is 13.0 Å². The van der Waals surface area contributed by atoms with E-state index in [9.17, 15) is 9.18 Å². The number of rotatable bonds is 11. The van der Waals surface area contributed by atoms with Crippen LogP contribution in [0.25, 0.3) is 11.0 Å². The monoisotopic (exact) mass is 473 g/mol. The number of fused-ring (bicyclic) bond motifs is 1. The molecule has 182 valence electrons. The molecule has 0 spiro atoms. The van der Waals surface area contributed by atoms with Gasteiger partial charge in [-0.1, -0.05) is 24.6 Å². The van der Waals surface area contributed by atoms with Gasteiger partial charge in [-0.15, -0.1) is 0 Å². The minimum absolute atomic E-state index is 0.171. The largest absolute Gasteiger partial charge is 0.492 e. The average Bonchev–Trinajstić information content (AvgIpc) is 3.18. The van der Waals surface area contributed by atoms with Gasteiger partial charge in [0.15, 0.2) is 0 Å².